The molecule has 0 aliphatic carbocycles. The van der Waals surface area contributed by atoms with Gasteiger partial charge in [-0.25, -0.2) is 4.79 Å². The molecule has 4 nitrogen and oxygen atoms in total. The second-order valence-corrected chi connectivity index (χ2v) is 6.74. The number of hydrogen-bond acceptors (Lipinski definition) is 2. The molecule has 2 aromatic carbocycles. The van der Waals surface area contributed by atoms with Crippen LogP contribution in [-0.2, 0) is 11.2 Å². The number of carbonyl (C=O) groups is 2. The van der Waals surface area contributed by atoms with Crippen molar-refractivity contribution < 1.29 is 14.7 Å². The lowest BCUT2D eigenvalue weighted by Crippen LogP contribution is -2.30. The van der Waals surface area contributed by atoms with Crippen LogP contribution in [0.4, 0.5) is 0 Å². The van der Waals surface area contributed by atoms with E-state index < -0.39 is 5.97 Å². The lowest BCUT2D eigenvalue weighted by molar-refractivity contribution is -0.132. The zero-order valence-electron chi connectivity index (χ0n) is 13.8. The number of halogens is 1. The van der Waals surface area contributed by atoms with Crippen molar-refractivity contribution in [3.63, 3.8) is 0 Å². The fraction of sp³-hybridized carbons (Fsp3) is 0.300. The highest BCUT2D eigenvalue weighted by atomic mass is 35.5. The minimum absolute atomic E-state index is 0.124. The maximum Gasteiger partial charge on any atom is 0.335 e. The molecule has 3 rings (SSSR count). The van der Waals surface area contributed by atoms with Gasteiger partial charge in [-0.2, -0.15) is 0 Å². The van der Waals surface area contributed by atoms with E-state index >= 15 is 0 Å². The Labute approximate surface area is 152 Å². The number of nitrogens with zero attached hydrogens (tertiary/aromatic N) is 1. The topological polar surface area (TPSA) is 57.6 Å². The van der Waals surface area contributed by atoms with Gasteiger partial charge in [0.2, 0.25) is 5.91 Å². The SMILES string of the molecule is O=C(O)c1ccc(CCC(=O)N2CCCC2c2ccc(Cl)cc2)cc1. The molecule has 1 fully saturated rings. The minimum atomic E-state index is -0.939. The van der Waals surface area contributed by atoms with Crippen LogP contribution in [0.2, 0.25) is 5.02 Å². The van der Waals surface area contributed by atoms with Crippen molar-refractivity contribution in [3.05, 3.63) is 70.2 Å². The standard InChI is InChI=1S/C20H20ClNO3/c21-17-10-8-15(9-11-17)18-2-1-13-22(18)19(23)12-5-14-3-6-16(7-4-14)20(24)25/h3-4,6-11,18H,1-2,5,12-13H2,(H,24,25). The third-order valence-corrected chi connectivity index (χ3v) is 4.91. The van der Waals surface area contributed by atoms with E-state index in [9.17, 15) is 9.59 Å². The van der Waals surface area contributed by atoms with E-state index in [1.165, 1.54) is 0 Å². The summed E-state index contributed by atoms with van der Waals surface area (Å²) in [5, 5.41) is 9.62. The maximum absolute atomic E-state index is 12.7. The average molecular weight is 358 g/mol. The summed E-state index contributed by atoms with van der Waals surface area (Å²) in [5.41, 5.74) is 2.36. The summed E-state index contributed by atoms with van der Waals surface area (Å²) in [4.78, 5) is 25.5. The van der Waals surface area contributed by atoms with Crippen molar-refractivity contribution in [2.75, 3.05) is 6.54 Å². The summed E-state index contributed by atoms with van der Waals surface area (Å²) in [6, 6.07) is 14.5. The highest BCUT2D eigenvalue weighted by molar-refractivity contribution is 6.30. The fourth-order valence-corrected chi connectivity index (χ4v) is 3.43. The van der Waals surface area contributed by atoms with E-state index in [0.29, 0.717) is 17.9 Å². The van der Waals surface area contributed by atoms with Gasteiger partial charge in [-0.05, 0) is 54.7 Å². The molecule has 1 amide bonds. The third-order valence-electron chi connectivity index (χ3n) is 4.66. The van der Waals surface area contributed by atoms with Crippen LogP contribution in [0.3, 0.4) is 0 Å². The van der Waals surface area contributed by atoms with Crippen LogP contribution in [0.15, 0.2) is 48.5 Å². The molecular formula is C20H20ClNO3. The normalized spacial score (nSPS) is 16.8. The fourth-order valence-electron chi connectivity index (χ4n) is 3.31. The Balaban J connectivity index is 1.62. The van der Waals surface area contributed by atoms with E-state index in [4.69, 9.17) is 16.7 Å². The summed E-state index contributed by atoms with van der Waals surface area (Å²) in [6.07, 6.45) is 3.02. The van der Waals surface area contributed by atoms with Gasteiger partial charge in [-0.15, -0.1) is 0 Å². The number of aryl methyl sites for hydroxylation is 1. The van der Waals surface area contributed by atoms with Gasteiger partial charge < -0.3 is 10.0 Å². The zero-order valence-corrected chi connectivity index (χ0v) is 14.6. The van der Waals surface area contributed by atoms with E-state index in [2.05, 4.69) is 0 Å². The largest absolute Gasteiger partial charge is 0.478 e. The molecule has 0 aromatic heterocycles. The average Bonchev–Trinajstić information content (AvgIpc) is 3.10. The lowest BCUT2D eigenvalue weighted by Gasteiger charge is -2.25. The van der Waals surface area contributed by atoms with Crippen molar-refractivity contribution in [2.24, 2.45) is 0 Å². The van der Waals surface area contributed by atoms with E-state index in [-0.39, 0.29) is 17.5 Å². The molecule has 1 heterocycles. The molecule has 1 atom stereocenters. The van der Waals surface area contributed by atoms with Crippen LogP contribution in [0.5, 0.6) is 0 Å². The van der Waals surface area contributed by atoms with Crippen molar-refractivity contribution in [2.45, 2.75) is 31.7 Å². The summed E-state index contributed by atoms with van der Waals surface area (Å²) < 4.78 is 0. The minimum Gasteiger partial charge on any atom is -0.478 e. The van der Waals surface area contributed by atoms with Crippen LogP contribution in [0.25, 0.3) is 0 Å². The smallest absolute Gasteiger partial charge is 0.335 e. The van der Waals surface area contributed by atoms with Crippen molar-refractivity contribution in [1.29, 1.82) is 0 Å². The molecule has 130 valence electrons. The number of hydrogen-bond donors (Lipinski definition) is 1. The molecule has 0 radical (unpaired) electrons. The summed E-state index contributed by atoms with van der Waals surface area (Å²) >= 11 is 5.95. The number of benzene rings is 2. The Morgan fingerprint density at radius 3 is 2.40 bits per heavy atom. The molecule has 0 saturated carbocycles. The molecule has 0 bridgehead atoms. The van der Waals surface area contributed by atoms with Gasteiger partial charge in [-0.3, -0.25) is 4.79 Å². The first-order chi connectivity index (χ1) is 12.0. The number of carbonyl (C=O) groups excluding carboxylic acids is 1. The molecular weight excluding hydrogens is 338 g/mol. The van der Waals surface area contributed by atoms with Gasteiger partial charge >= 0.3 is 5.97 Å². The Morgan fingerprint density at radius 1 is 1.08 bits per heavy atom. The number of likely N-dealkylation sites (tertiary alicyclic amines) is 1. The summed E-state index contributed by atoms with van der Waals surface area (Å²) in [6.45, 7) is 0.782. The number of carboxylic acids is 1. The van der Waals surface area contributed by atoms with Gasteiger partial charge in [0.15, 0.2) is 0 Å². The van der Waals surface area contributed by atoms with Gasteiger partial charge in [0.1, 0.15) is 0 Å². The number of carboxylic acid groups (broad SMARTS) is 1. The monoisotopic (exact) mass is 357 g/mol. The van der Waals surface area contributed by atoms with Crippen LogP contribution in [0.1, 0.15) is 46.8 Å². The Bertz CT molecular complexity index is 756. The van der Waals surface area contributed by atoms with Crippen LogP contribution < -0.4 is 0 Å². The first-order valence-electron chi connectivity index (χ1n) is 8.42. The predicted molar refractivity (Wildman–Crippen MR) is 96.9 cm³/mol. The Kier molecular flexibility index (Phi) is 5.39. The number of amides is 1. The number of rotatable bonds is 5. The third kappa shape index (κ3) is 4.20. The van der Waals surface area contributed by atoms with Crippen molar-refractivity contribution in [1.82, 2.24) is 4.90 Å². The van der Waals surface area contributed by atoms with E-state index in [1.54, 1.807) is 24.3 Å². The molecule has 5 heteroatoms. The lowest BCUT2D eigenvalue weighted by atomic mass is 10.0. The van der Waals surface area contributed by atoms with Crippen LogP contribution >= 0.6 is 11.6 Å². The first kappa shape index (κ1) is 17.5. The molecule has 1 aliphatic heterocycles. The van der Waals surface area contributed by atoms with Gasteiger partial charge in [0.05, 0.1) is 11.6 Å². The predicted octanol–water partition coefficient (Wildman–Crippen LogP) is 4.33. The van der Waals surface area contributed by atoms with E-state index in [1.807, 2.05) is 29.2 Å². The summed E-state index contributed by atoms with van der Waals surface area (Å²) in [5.74, 6) is -0.801. The molecule has 2 aromatic rings. The maximum atomic E-state index is 12.7. The molecule has 25 heavy (non-hydrogen) atoms. The number of aromatic carboxylic acids is 1. The van der Waals surface area contributed by atoms with Gasteiger partial charge in [0.25, 0.3) is 0 Å². The van der Waals surface area contributed by atoms with Crippen molar-refractivity contribution >= 4 is 23.5 Å². The second kappa shape index (κ2) is 7.70. The van der Waals surface area contributed by atoms with Crippen molar-refractivity contribution in [3.8, 4) is 0 Å². The zero-order chi connectivity index (χ0) is 17.8. The highest BCUT2D eigenvalue weighted by Crippen LogP contribution is 2.33. The molecule has 0 spiro atoms. The molecule has 1 saturated heterocycles. The molecule has 1 unspecified atom stereocenters. The molecule has 1 N–H and O–H groups in total. The highest BCUT2D eigenvalue weighted by Gasteiger charge is 2.29. The molecule has 1 aliphatic rings. The Morgan fingerprint density at radius 2 is 1.76 bits per heavy atom. The summed E-state index contributed by atoms with van der Waals surface area (Å²) in [7, 11) is 0. The van der Waals surface area contributed by atoms with Crippen LogP contribution in [-0.4, -0.2) is 28.4 Å². The van der Waals surface area contributed by atoms with Gasteiger partial charge in [0, 0.05) is 18.0 Å². The quantitative estimate of drug-likeness (QED) is 0.866. The second-order valence-electron chi connectivity index (χ2n) is 6.30. The van der Waals surface area contributed by atoms with Gasteiger partial charge in [-0.1, -0.05) is 35.9 Å². The first-order valence-corrected chi connectivity index (χ1v) is 8.79. The Hall–Kier alpha value is -2.33. The van der Waals surface area contributed by atoms with Crippen LogP contribution in [0, 0.1) is 0 Å². The van der Waals surface area contributed by atoms with E-state index in [0.717, 1.165) is 30.5 Å².